The number of thioether (sulfide) groups is 1. The van der Waals surface area contributed by atoms with Gasteiger partial charge in [-0.25, -0.2) is 0 Å². The summed E-state index contributed by atoms with van der Waals surface area (Å²) in [5.74, 6) is 1.43. The molecule has 0 aromatic carbocycles. The van der Waals surface area contributed by atoms with Crippen LogP contribution in [-0.4, -0.2) is 44.6 Å². The van der Waals surface area contributed by atoms with Crippen LogP contribution in [0.15, 0.2) is 0 Å². The number of nitrogen functional groups attached to an aromatic ring is 1. The third-order valence-corrected chi connectivity index (χ3v) is 5.03. The van der Waals surface area contributed by atoms with E-state index in [1.165, 1.54) is 0 Å². The molecule has 0 bridgehead atoms. The molecule has 0 spiro atoms. The number of rotatable bonds is 2. The molecular formula is C13H20N4OS. The van der Waals surface area contributed by atoms with Gasteiger partial charge in [-0.3, -0.25) is 9.89 Å². The smallest absolute Gasteiger partial charge is 0.276 e. The molecule has 104 valence electrons. The summed E-state index contributed by atoms with van der Waals surface area (Å²) in [5, 5.41) is 7.10. The van der Waals surface area contributed by atoms with Crippen LogP contribution in [0.2, 0.25) is 0 Å². The van der Waals surface area contributed by atoms with Gasteiger partial charge in [-0.2, -0.15) is 16.9 Å². The summed E-state index contributed by atoms with van der Waals surface area (Å²) < 4.78 is 0.109. The number of hydrogen-bond donors (Lipinski definition) is 2. The Morgan fingerprint density at radius 1 is 1.53 bits per heavy atom. The maximum atomic E-state index is 12.5. The highest BCUT2D eigenvalue weighted by molar-refractivity contribution is 8.00. The monoisotopic (exact) mass is 280 g/mol. The quantitative estimate of drug-likeness (QED) is 0.866. The molecule has 0 unspecified atom stereocenters. The molecule has 19 heavy (non-hydrogen) atoms. The Hall–Kier alpha value is -1.17. The van der Waals surface area contributed by atoms with Crippen LogP contribution in [0, 0.1) is 0 Å². The predicted octanol–water partition coefficient (Wildman–Crippen LogP) is 1.84. The number of amides is 1. The number of H-pyrrole nitrogens is 1. The molecule has 1 aliphatic carbocycles. The van der Waals surface area contributed by atoms with Crippen molar-refractivity contribution in [2.24, 2.45) is 0 Å². The molecular weight excluding hydrogens is 260 g/mol. The molecule has 6 heteroatoms. The van der Waals surface area contributed by atoms with Crippen molar-refractivity contribution in [3.63, 3.8) is 0 Å². The number of aromatic nitrogens is 2. The summed E-state index contributed by atoms with van der Waals surface area (Å²) in [6, 6.07) is 0. The van der Waals surface area contributed by atoms with E-state index >= 15 is 0 Å². The zero-order valence-electron chi connectivity index (χ0n) is 11.4. The number of nitrogens with one attached hydrogen (secondary N) is 1. The normalized spacial score (nSPS) is 22.5. The summed E-state index contributed by atoms with van der Waals surface area (Å²) in [5.41, 5.74) is 7.99. The molecule has 1 amide bonds. The highest BCUT2D eigenvalue weighted by Crippen LogP contribution is 2.42. The third kappa shape index (κ3) is 2.45. The Kier molecular flexibility index (Phi) is 3.00. The maximum absolute atomic E-state index is 12.5. The Balaban J connectivity index is 1.79. The van der Waals surface area contributed by atoms with Gasteiger partial charge < -0.3 is 10.6 Å². The summed E-state index contributed by atoms with van der Waals surface area (Å²) in [6.07, 6.45) is 2.29. The molecule has 3 rings (SSSR count). The lowest BCUT2D eigenvalue weighted by Gasteiger charge is -2.37. The molecule has 5 nitrogen and oxygen atoms in total. The molecule has 1 saturated heterocycles. The van der Waals surface area contributed by atoms with Gasteiger partial charge in [-0.1, -0.05) is 0 Å². The lowest BCUT2D eigenvalue weighted by Crippen LogP contribution is -2.46. The van der Waals surface area contributed by atoms with Gasteiger partial charge in [0.2, 0.25) is 0 Å². The first kappa shape index (κ1) is 12.8. The Labute approximate surface area is 117 Å². The second kappa shape index (κ2) is 4.44. The van der Waals surface area contributed by atoms with Gasteiger partial charge in [0.25, 0.3) is 5.91 Å². The van der Waals surface area contributed by atoms with Crippen LogP contribution in [0.25, 0.3) is 0 Å². The molecule has 0 atom stereocenters. The van der Waals surface area contributed by atoms with Crippen molar-refractivity contribution in [2.75, 3.05) is 24.6 Å². The minimum atomic E-state index is -0.0333. The van der Waals surface area contributed by atoms with Crippen molar-refractivity contribution in [1.82, 2.24) is 15.1 Å². The second-order valence-corrected chi connectivity index (χ2v) is 7.81. The zero-order valence-corrected chi connectivity index (χ0v) is 12.2. The fourth-order valence-electron chi connectivity index (χ4n) is 2.55. The van der Waals surface area contributed by atoms with Crippen molar-refractivity contribution in [2.45, 2.75) is 37.4 Å². The van der Waals surface area contributed by atoms with Crippen LogP contribution in [0.4, 0.5) is 5.69 Å². The van der Waals surface area contributed by atoms with E-state index in [0.29, 0.717) is 17.3 Å². The first-order chi connectivity index (χ1) is 8.98. The zero-order chi connectivity index (χ0) is 13.6. The third-order valence-electron chi connectivity index (χ3n) is 3.73. The highest BCUT2D eigenvalue weighted by atomic mass is 32.2. The number of nitrogens with two attached hydrogens (primary N) is 1. The standard InChI is InChI=1S/C13H20N4OS/c1-13(2)7-17(5-6-19-13)12(18)11-9(14)10(15-16-11)8-3-4-8/h8H,3-7,14H2,1-2H3,(H,15,16). The van der Waals surface area contributed by atoms with Crippen molar-refractivity contribution in [3.8, 4) is 0 Å². The van der Waals surface area contributed by atoms with E-state index < -0.39 is 0 Å². The summed E-state index contributed by atoms with van der Waals surface area (Å²) >= 11 is 1.91. The number of hydrogen-bond acceptors (Lipinski definition) is 4. The summed E-state index contributed by atoms with van der Waals surface area (Å²) in [7, 11) is 0. The molecule has 1 aliphatic heterocycles. The second-order valence-electron chi connectivity index (χ2n) is 6.01. The van der Waals surface area contributed by atoms with E-state index in [-0.39, 0.29) is 10.7 Å². The van der Waals surface area contributed by atoms with E-state index in [4.69, 9.17) is 5.73 Å². The lowest BCUT2D eigenvalue weighted by atomic mass is 10.1. The Bertz CT molecular complexity index is 507. The van der Waals surface area contributed by atoms with Gasteiger partial charge in [0.1, 0.15) is 0 Å². The number of aromatic amines is 1. The molecule has 3 N–H and O–H groups in total. The van der Waals surface area contributed by atoms with Crippen LogP contribution in [0.5, 0.6) is 0 Å². The first-order valence-corrected chi connectivity index (χ1v) is 7.73. The lowest BCUT2D eigenvalue weighted by molar-refractivity contribution is 0.0743. The van der Waals surface area contributed by atoms with Gasteiger partial charge in [-0.15, -0.1) is 0 Å². The van der Waals surface area contributed by atoms with E-state index in [0.717, 1.165) is 37.4 Å². The summed E-state index contributed by atoms with van der Waals surface area (Å²) in [4.78, 5) is 14.4. The average Bonchev–Trinajstić information content (AvgIpc) is 3.11. The molecule has 2 heterocycles. The fraction of sp³-hybridized carbons (Fsp3) is 0.692. The predicted molar refractivity (Wildman–Crippen MR) is 77.4 cm³/mol. The summed E-state index contributed by atoms with van der Waals surface area (Å²) in [6.45, 7) is 5.86. The van der Waals surface area contributed by atoms with E-state index in [1.807, 2.05) is 16.7 Å². The molecule has 2 aliphatic rings. The van der Waals surface area contributed by atoms with Crippen molar-refractivity contribution in [1.29, 1.82) is 0 Å². The van der Waals surface area contributed by atoms with E-state index in [2.05, 4.69) is 24.0 Å². The van der Waals surface area contributed by atoms with Gasteiger partial charge >= 0.3 is 0 Å². The van der Waals surface area contributed by atoms with E-state index in [9.17, 15) is 4.79 Å². The largest absolute Gasteiger partial charge is 0.395 e. The molecule has 2 fully saturated rings. The molecule has 0 radical (unpaired) electrons. The molecule has 1 saturated carbocycles. The number of anilines is 1. The van der Waals surface area contributed by atoms with Crippen LogP contribution in [-0.2, 0) is 0 Å². The van der Waals surface area contributed by atoms with Crippen LogP contribution in [0.3, 0.4) is 0 Å². The van der Waals surface area contributed by atoms with Gasteiger partial charge in [0.15, 0.2) is 5.69 Å². The molecule has 1 aromatic rings. The number of carbonyl (C=O) groups excluding carboxylic acids is 1. The van der Waals surface area contributed by atoms with Crippen molar-refractivity contribution >= 4 is 23.4 Å². The SMILES string of the molecule is CC1(C)CN(C(=O)c2n[nH]c(C3CC3)c2N)CCS1. The minimum absolute atomic E-state index is 0.0333. The fourth-order valence-corrected chi connectivity index (χ4v) is 3.66. The van der Waals surface area contributed by atoms with Crippen LogP contribution in [0.1, 0.15) is 48.8 Å². The maximum Gasteiger partial charge on any atom is 0.276 e. The van der Waals surface area contributed by atoms with Gasteiger partial charge in [0.05, 0.1) is 11.4 Å². The number of nitrogens with zero attached hydrogens (tertiary/aromatic N) is 2. The average molecular weight is 280 g/mol. The number of carbonyl (C=O) groups is 1. The van der Waals surface area contributed by atoms with Crippen molar-refractivity contribution in [3.05, 3.63) is 11.4 Å². The highest BCUT2D eigenvalue weighted by Gasteiger charge is 2.34. The van der Waals surface area contributed by atoms with Gasteiger partial charge in [-0.05, 0) is 26.7 Å². The topological polar surface area (TPSA) is 75.0 Å². The Morgan fingerprint density at radius 3 is 2.89 bits per heavy atom. The first-order valence-electron chi connectivity index (χ1n) is 6.75. The van der Waals surface area contributed by atoms with Crippen LogP contribution < -0.4 is 5.73 Å². The van der Waals surface area contributed by atoms with Crippen LogP contribution >= 0.6 is 11.8 Å². The Morgan fingerprint density at radius 2 is 2.26 bits per heavy atom. The van der Waals surface area contributed by atoms with E-state index in [1.54, 1.807) is 0 Å². The minimum Gasteiger partial charge on any atom is -0.395 e. The van der Waals surface area contributed by atoms with Crippen molar-refractivity contribution < 1.29 is 4.79 Å². The molecule has 1 aromatic heterocycles. The van der Waals surface area contributed by atoms with Gasteiger partial charge in [0, 0.05) is 29.5 Å².